The molecule has 0 unspecified atom stereocenters. The van der Waals surface area contributed by atoms with Crippen molar-refractivity contribution in [3.63, 3.8) is 0 Å². The van der Waals surface area contributed by atoms with Crippen LogP contribution >= 0.6 is 0 Å². The Balaban J connectivity index is 2.15. The molecule has 2 N–H and O–H groups in total. The maximum absolute atomic E-state index is 12.3. The smallest absolute Gasteiger partial charge is 0.267 e. The molecule has 0 aromatic heterocycles. The number of nitriles is 1. The van der Waals surface area contributed by atoms with Gasteiger partial charge in [-0.05, 0) is 51.0 Å². The first kappa shape index (κ1) is 17.3. The Kier molecular flexibility index (Phi) is 5.39. The Labute approximate surface area is 142 Å². The highest BCUT2D eigenvalue weighted by Crippen LogP contribution is 2.18. The van der Waals surface area contributed by atoms with Gasteiger partial charge in [-0.25, -0.2) is 0 Å². The first-order valence-corrected chi connectivity index (χ1v) is 7.73. The van der Waals surface area contributed by atoms with Crippen molar-refractivity contribution in [3.8, 4) is 6.07 Å². The molecule has 4 heteroatoms. The lowest BCUT2D eigenvalue weighted by Gasteiger charge is -2.10. The fourth-order valence-electron chi connectivity index (χ4n) is 2.42. The molecular formula is C20H21N3O. The Morgan fingerprint density at radius 1 is 0.958 bits per heavy atom. The van der Waals surface area contributed by atoms with Gasteiger partial charge in [-0.15, -0.1) is 0 Å². The van der Waals surface area contributed by atoms with Gasteiger partial charge in [-0.1, -0.05) is 35.4 Å². The molecule has 24 heavy (non-hydrogen) atoms. The average Bonchev–Trinajstić information content (AvgIpc) is 2.52. The molecular weight excluding hydrogens is 298 g/mol. The van der Waals surface area contributed by atoms with Gasteiger partial charge in [0.05, 0.1) is 0 Å². The second-order valence-corrected chi connectivity index (χ2v) is 5.91. The normalized spacial score (nSPS) is 10.9. The fourth-order valence-corrected chi connectivity index (χ4v) is 2.42. The predicted molar refractivity (Wildman–Crippen MR) is 97.8 cm³/mol. The summed E-state index contributed by atoms with van der Waals surface area (Å²) in [5.74, 6) is -0.429. The van der Waals surface area contributed by atoms with Crippen LogP contribution < -0.4 is 10.6 Å². The zero-order chi connectivity index (χ0) is 17.7. The van der Waals surface area contributed by atoms with Crippen LogP contribution in [0.3, 0.4) is 0 Å². The summed E-state index contributed by atoms with van der Waals surface area (Å²) in [7, 11) is 0. The zero-order valence-corrected chi connectivity index (χ0v) is 14.4. The van der Waals surface area contributed by atoms with Gasteiger partial charge in [0.15, 0.2) is 0 Å². The standard InChI is InChI=1S/C20H21N3O/c1-13-5-7-18(15(3)9-13)22-12-17(11-21)20(24)23-19-8-6-14(2)10-16(19)4/h5-10,12,22H,1-4H3,(H,23,24)/b17-12-. The second kappa shape index (κ2) is 7.47. The van der Waals surface area contributed by atoms with Gasteiger partial charge >= 0.3 is 0 Å². The van der Waals surface area contributed by atoms with Crippen molar-refractivity contribution in [2.24, 2.45) is 0 Å². The molecule has 0 spiro atoms. The van der Waals surface area contributed by atoms with Crippen LogP contribution in [0.4, 0.5) is 11.4 Å². The van der Waals surface area contributed by atoms with E-state index in [1.165, 1.54) is 6.20 Å². The predicted octanol–water partition coefficient (Wildman–Crippen LogP) is 4.38. The summed E-state index contributed by atoms with van der Waals surface area (Å²) >= 11 is 0. The number of hydrogen-bond donors (Lipinski definition) is 2. The van der Waals surface area contributed by atoms with E-state index < -0.39 is 5.91 Å². The molecule has 0 atom stereocenters. The number of rotatable bonds is 4. The third-order valence-electron chi connectivity index (χ3n) is 3.75. The minimum Gasteiger partial charge on any atom is -0.360 e. The number of nitrogens with one attached hydrogen (secondary N) is 2. The lowest BCUT2D eigenvalue weighted by atomic mass is 10.1. The molecule has 1 amide bonds. The van der Waals surface area contributed by atoms with Crippen LogP contribution in [0.5, 0.6) is 0 Å². The summed E-state index contributed by atoms with van der Waals surface area (Å²) in [6, 6.07) is 13.6. The van der Waals surface area contributed by atoms with Crippen LogP contribution in [0, 0.1) is 39.0 Å². The van der Waals surface area contributed by atoms with E-state index in [9.17, 15) is 10.1 Å². The Morgan fingerprint density at radius 3 is 2.00 bits per heavy atom. The molecule has 2 aromatic rings. The lowest BCUT2D eigenvalue weighted by Crippen LogP contribution is -2.15. The van der Waals surface area contributed by atoms with Crippen molar-refractivity contribution in [2.75, 3.05) is 10.6 Å². The zero-order valence-electron chi connectivity index (χ0n) is 14.4. The highest BCUT2D eigenvalue weighted by atomic mass is 16.1. The number of benzene rings is 2. The van der Waals surface area contributed by atoms with E-state index in [0.717, 1.165) is 27.9 Å². The molecule has 0 bridgehead atoms. The summed E-state index contributed by atoms with van der Waals surface area (Å²) < 4.78 is 0. The Bertz CT molecular complexity index is 844. The quantitative estimate of drug-likeness (QED) is 0.649. The highest BCUT2D eigenvalue weighted by molar-refractivity contribution is 6.07. The molecule has 0 aliphatic carbocycles. The molecule has 4 nitrogen and oxygen atoms in total. The fraction of sp³-hybridized carbons (Fsp3) is 0.200. The highest BCUT2D eigenvalue weighted by Gasteiger charge is 2.11. The molecule has 0 fully saturated rings. The van der Waals surface area contributed by atoms with E-state index in [1.807, 2.05) is 70.2 Å². The molecule has 0 saturated heterocycles. The third-order valence-corrected chi connectivity index (χ3v) is 3.75. The molecule has 0 aliphatic rings. The second-order valence-electron chi connectivity index (χ2n) is 5.91. The minimum absolute atomic E-state index is 0.0231. The molecule has 122 valence electrons. The van der Waals surface area contributed by atoms with Crippen molar-refractivity contribution in [1.29, 1.82) is 5.26 Å². The number of carbonyl (C=O) groups is 1. The van der Waals surface area contributed by atoms with Gasteiger partial charge in [0.25, 0.3) is 5.91 Å². The van der Waals surface area contributed by atoms with Crippen molar-refractivity contribution in [1.82, 2.24) is 0 Å². The van der Waals surface area contributed by atoms with Crippen LogP contribution in [0.1, 0.15) is 22.3 Å². The summed E-state index contributed by atoms with van der Waals surface area (Å²) in [6.07, 6.45) is 1.44. The summed E-state index contributed by atoms with van der Waals surface area (Å²) in [6.45, 7) is 7.91. The van der Waals surface area contributed by atoms with Gasteiger partial charge < -0.3 is 10.6 Å². The summed E-state index contributed by atoms with van der Waals surface area (Å²) in [5.41, 5.74) is 5.90. The first-order chi connectivity index (χ1) is 11.4. The lowest BCUT2D eigenvalue weighted by molar-refractivity contribution is -0.112. The third kappa shape index (κ3) is 4.23. The molecule has 0 radical (unpaired) electrons. The number of anilines is 2. The van der Waals surface area contributed by atoms with Crippen LogP contribution in [-0.2, 0) is 4.79 Å². The largest absolute Gasteiger partial charge is 0.360 e. The van der Waals surface area contributed by atoms with Crippen LogP contribution in [0.2, 0.25) is 0 Å². The number of nitrogens with zero attached hydrogens (tertiary/aromatic N) is 1. The molecule has 0 heterocycles. The van der Waals surface area contributed by atoms with Gasteiger partial charge in [0.2, 0.25) is 0 Å². The van der Waals surface area contributed by atoms with Crippen LogP contribution in [-0.4, -0.2) is 5.91 Å². The topological polar surface area (TPSA) is 64.9 Å². The number of aryl methyl sites for hydroxylation is 4. The average molecular weight is 319 g/mol. The van der Waals surface area contributed by atoms with Gasteiger partial charge in [0.1, 0.15) is 11.6 Å². The van der Waals surface area contributed by atoms with E-state index in [1.54, 1.807) is 0 Å². The number of amides is 1. The maximum Gasteiger partial charge on any atom is 0.267 e. The minimum atomic E-state index is -0.429. The van der Waals surface area contributed by atoms with E-state index in [-0.39, 0.29) is 5.57 Å². The SMILES string of the molecule is Cc1ccc(N/C=C(/C#N)C(=O)Nc2ccc(C)cc2C)c(C)c1. The van der Waals surface area contributed by atoms with Gasteiger partial charge in [-0.2, -0.15) is 5.26 Å². The van der Waals surface area contributed by atoms with E-state index in [2.05, 4.69) is 10.6 Å². The molecule has 2 rings (SSSR count). The van der Waals surface area contributed by atoms with E-state index >= 15 is 0 Å². The summed E-state index contributed by atoms with van der Waals surface area (Å²) in [4.78, 5) is 12.3. The van der Waals surface area contributed by atoms with Gasteiger partial charge in [0, 0.05) is 17.6 Å². The Hall–Kier alpha value is -3.06. The van der Waals surface area contributed by atoms with Gasteiger partial charge in [-0.3, -0.25) is 4.79 Å². The van der Waals surface area contributed by atoms with E-state index in [0.29, 0.717) is 5.69 Å². The number of hydrogen-bond acceptors (Lipinski definition) is 3. The molecule has 0 saturated carbocycles. The van der Waals surface area contributed by atoms with Crippen LogP contribution in [0.15, 0.2) is 48.2 Å². The van der Waals surface area contributed by atoms with Crippen LogP contribution in [0.25, 0.3) is 0 Å². The van der Waals surface area contributed by atoms with E-state index in [4.69, 9.17) is 0 Å². The van der Waals surface area contributed by atoms with Crippen molar-refractivity contribution in [3.05, 3.63) is 70.4 Å². The Morgan fingerprint density at radius 2 is 1.50 bits per heavy atom. The molecule has 0 aliphatic heterocycles. The molecule has 2 aromatic carbocycles. The monoisotopic (exact) mass is 319 g/mol. The first-order valence-electron chi connectivity index (χ1n) is 7.73. The van der Waals surface area contributed by atoms with Crippen molar-refractivity contribution < 1.29 is 4.79 Å². The summed E-state index contributed by atoms with van der Waals surface area (Å²) in [5, 5.41) is 15.1. The van der Waals surface area contributed by atoms with Crippen molar-refractivity contribution >= 4 is 17.3 Å². The van der Waals surface area contributed by atoms with Crippen molar-refractivity contribution in [2.45, 2.75) is 27.7 Å². The number of carbonyl (C=O) groups excluding carboxylic acids is 1. The maximum atomic E-state index is 12.3.